The predicted octanol–water partition coefficient (Wildman–Crippen LogP) is 3.06. The molecule has 26 heavy (non-hydrogen) atoms. The maximum absolute atomic E-state index is 12.8. The number of aromatic amines is 1. The van der Waals surface area contributed by atoms with Gasteiger partial charge in [-0.05, 0) is 58.7 Å². The Kier molecular flexibility index (Phi) is 6.87. The number of likely N-dealkylation sites (tertiary alicyclic amines) is 1. The number of H-pyrrole nitrogens is 1. The van der Waals surface area contributed by atoms with Crippen LogP contribution in [0.25, 0.3) is 0 Å². The van der Waals surface area contributed by atoms with Gasteiger partial charge in [0.25, 0.3) is 5.91 Å². The summed E-state index contributed by atoms with van der Waals surface area (Å²) in [4.78, 5) is 30.5. The lowest BCUT2D eigenvalue weighted by Gasteiger charge is -2.41. The van der Waals surface area contributed by atoms with Crippen molar-refractivity contribution in [3.63, 3.8) is 0 Å². The maximum Gasteiger partial charge on any atom is 0.339 e. The summed E-state index contributed by atoms with van der Waals surface area (Å²) in [5.74, 6) is -0.549. The van der Waals surface area contributed by atoms with Crippen LogP contribution < -0.4 is 5.32 Å². The molecule has 1 aromatic rings. The number of nitrogens with one attached hydrogen (secondary N) is 2. The molecule has 2 heterocycles. The monoisotopic (exact) mass is 363 g/mol. The third-order valence-electron chi connectivity index (χ3n) is 5.30. The van der Waals surface area contributed by atoms with Crippen LogP contribution in [-0.2, 0) is 11.2 Å². The number of methoxy groups -OCH3 is 1. The Morgan fingerprint density at radius 1 is 1.23 bits per heavy atom. The highest BCUT2D eigenvalue weighted by atomic mass is 16.5. The number of rotatable bonds is 7. The maximum atomic E-state index is 12.8. The molecule has 0 unspecified atom stereocenters. The fourth-order valence-corrected chi connectivity index (χ4v) is 3.74. The lowest BCUT2D eigenvalue weighted by Crippen LogP contribution is -2.53. The SMILES string of the molecule is CCCc1c(C(=O)NCC(C)(C)N2CCCCC2)[nH]c(C)c1C(=O)OC. The van der Waals surface area contributed by atoms with E-state index in [-0.39, 0.29) is 11.4 Å². The number of esters is 1. The van der Waals surface area contributed by atoms with E-state index in [1.165, 1.54) is 26.4 Å². The minimum absolute atomic E-state index is 0.0895. The number of aromatic nitrogens is 1. The van der Waals surface area contributed by atoms with E-state index in [1.54, 1.807) is 6.92 Å². The fraction of sp³-hybridized carbons (Fsp3) is 0.700. The fourth-order valence-electron chi connectivity index (χ4n) is 3.74. The van der Waals surface area contributed by atoms with Crippen LogP contribution in [-0.4, -0.2) is 54.0 Å². The van der Waals surface area contributed by atoms with Gasteiger partial charge in [-0.25, -0.2) is 4.79 Å². The molecule has 6 heteroatoms. The molecule has 0 atom stereocenters. The standard InChI is InChI=1S/C20H33N3O3/c1-6-10-15-16(19(25)26-5)14(2)22-17(15)18(24)21-13-20(3,4)23-11-8-7-9-12-23/h22H,6-13H2,1-5H3,(H,21,24). The molecule has 146 valence electrons. The molecule has 0 spiro atoms. The van der Waals surface area contributed by atoms with Gasteiger partial charge in [0.2, 0.25) is 0 Å². The van der Waals surface area contributed by atoms with Gasteiger partial charge in [-0.3, -0.25) is 9.69 Å². The van der Waals surface area contributed by atoms with Crippen molar-refractivity contribution in [1.82, 2.24) is 15.2 Å². The molecule has 0 saturated carbocycles. The van der Waals surface area contributed by atoms with Crippen LogP contribution in [0.2, 0.25) is 0 Å². The van der Waals surface area contributed by atoms with Gasteiger partial charge >= 0.3 is 5.97 Å². The zero-order chi connectivity index (χ0) is 19.3. The lowest BCUT2D eigenvalue weighted by molar-refractivity contribution is 0.0599. The van der Waals surface area contributed by atoms with Gasteiger partial charge in [0.15, 0.2) is 0 Å². The van der Waals surface area contributed by atoms with Crippen LogP contribution in [0.15, 0.2) is 0 Å². The van der Waals surface area contributed by atoms with Gasteiger partial charge in [-0.15, -0.1) is 0 Å². The Balaban J connectivity index is 2.14. The van der Waals surface area contributed by atoms with Crippen LogP contribution >= 0.6 is 0 Å². The number of piperidine rings is 1. The van der Waals surface area contributed by atoms with E-state index in [0.29, 0.717) is 29.9 Å². The van der Waals surface area contributed by atoms with Crippen molar-refractivity contribution in [2.75, 3.05) is 26.7 Å². The van der Waals surface area contributed by atoms with E-state index in [9.17, 15) is 9.59 Å². The van der Waals surface area contributed by atoms with E-state index < -0.39 is 5.97 Å². The predicted molar refractivity (Wildman–Crippen MR) is 103 cm³/mol. The summed E-state index contributed by atoms with van der Waals surface area (Å²) in [6.07, 6.45) is 5.23. The second kappa shape index (κ2) is 8.71. The third-order valence-corrected chi connectivity index (χ3v) is 5.30. The Morgan fingerprint density at radius 3 is 2.46 bits per heavy atom. The average molecular weight is 364 g/mol. The zero-order valence-electron chi connectivity index (χ0n) is 16.8. The summed E-state index contributed by atoms with van der Waals surface area (Å²) in [7, 11) is 1.37. The molecular weight excluding hydrogens is 330 g/mol. The third kappa shape index (κ3) is 4.47. The quantitative estimate of drug-likeness (QED) is 0.730. The van der Waals surface area contributed by atoms with Crippen LogP contribution in [0.5, 0.6) is 0 Å². The van der Waals surface area contributed by atoms with Crippen molar-refractivity contribution >= 4 is 11.9 Å². The number of hydrogen-bond acceptors (Lipinski definition) is 4. The van der Waals surface area contributed by atoms with E-state index in [1.807, 2.05) is 6.92 Å². The highest BCUT2D eigenvalue weighted by Gasteiger charge is 2.30. The molecule has 1 aliphatic rings. The van der Waals surface area contributed by atoms with Crippen LogP contribution in [0.3, 0.4) is 0 Å². The Bertz CT molecular complexity index is 643. The summed E-state index contributed by atoms with van der Waals surface area (Å²) in [6.45, 7) is 10.9. The van der Waals surface area contributed by atoms with Gasteiger partial charge in [0.1, 0.15) is 5.69 Å². The van der Waals surface area contributed by atoms with Gasteiger partial charge in [-0.2, -0.15) is 0 Å². The summed E-state index contributed by atoms with van der Waals surface area (Å²) >= 11 is 0. The molecule has 1 saturated heterocycles. The second-order valence-electron chi connectivity index (χ2n) is 7.76. The number of carbonyl (C=O) groups excluding carboxylic acids is 2. The summed E-state index contributed by atoms with van der Waals surface area (Å²) < 4.78 is 4.89. The zero-order valence-corrected chi connectivity index (χ0v) is 16.8. The highest BCUT2D eigenvalue weighted by molar-refractivity contribution is 6.00. The molecule has 2 N–H and O–H groups in total. The molecule has 0 aromatic carbocycles. The number of hydrogen-bond donors (Lipinski definition) is 2. The molecule has 0 bridgehead atoms. The van der Waals surface area contributed by atoms with Gasteiger partial charge in [-0.1, -0.05) is 19.8 Å². The van der Waals surface area contributed by atoms with Gasteiger partial charge < -0.3 is 15.0 Å². The molecule has 1 fully saturated rings. The molecule has 1 aliphatic heterocycles. The van der Waals surface area contributed by atoms with Crippen molar-refractivity contribution in [1.29, 1.82) is 0 Å². The van der Waals surface area contributed by atoms with E-state index in [4.69, 9.17) is 4.74 Å². The minimum atomic E-state index is -0.394. The number of carbonyl (C=O) groups is 2. The molecule has 1 aromatic heterocycles. The molecule has 6 nitrogen and oxygen atoms in total. The molecule has 1 amide bonds. The van der Waals surface area contributed by atoms with Gasteiger partial charge in [0, 0.05) is 17.8 Å². The van der Waals surface area contributed by atoms with Crippen molar-refractivity contribution in [3.05, 3.63) is 22.5 Å². The first-order chi connectivity index (χ1) is 12.3. The minimum Gasteiger partial charge on any atom is -0.465 e. The number of ether oxygens (including phenoxy) is 1. The second-order valence-corrected chi connectivity index (χ2v) is 7.76. The summed E-state index contributed by atoms with van der Waals surface area (Å²) in [6, 6.07) is 0. The first-order valence-electron chi connectivity index (χ1n) is 9.64. The molecule has 0 aliphatic carbocycles. The van der Waals surface area contributed by atoms with Crippen molar-refractivity contribution in [3.8, 4) is 0 Å². The topological polar surface area (TPSA) is 74.4 Å². The lowest BCUT2D eigenvalue weighted by atomic mass is 9.98. The Labute approximate surface area is 156 Å². The van der Waals surface area contributed by atoms with E-state index in [2.05, 4.69) is 29.0 Å². The molecular formula is C20H33N3O3. The van der Waals surface area contributed by atoms with Gasteiger partial charge in [0.05, 0.1) is 12.7 Å². The smallest absolute Gasteiger partial charge is 0.339 e. The number of aryl methyl sites for hydroxylation is 1. The highest BCUT2D eigenvalue weighted by Crippen LogP contribution is 2.23. The normalized spacial score (nSPS) is 15.7. The first-order valence-corrected chi connectivity index (χ1v) is 9.64. The number of amides is 1. The van der Waals surface area contributed by atoms with Crippen molar-refractivity contribution in [2.24, 2.45) is 0 Å². The van der Waals surface area contributed by atoms with Crippen molar-refractivity contribution in [2.45, 2.75) is 65.3 Å². The van der Waals surface area contributed by atoms with E-state index >= 15 is 0 Å². The summed E-state index contributed by atoms with van der Waals surface area (Å²) in [5.41, 5.74) is 2.33. The van der Waals surface area contributed by atoms with Crippen LogP contribution in [0.4, 0.5) is 0 Å². The molecule has 2 rings (SSSR count). The van der Waals surface area contributed by atoms with Crippen LogP contribution in [0.1, 0.15) is 78.6 Å². The largest absolute Gasteiger partial charge is 0.465 e. The Morgan fingerprint density at radius 2 is 1.88 bits per heavy atom. The molecule has 0 radical (unpaired) electrons. The average Bonchev–Trinajstić information content (AvgIpc) is 2.96. The summed E-state index contributed by atoms with van der Waals surface area (Å²) in [5, 5.41) is 3.07. The first kappa shape index (κ1) is 20.5. The van der Waals surface area contributed by atoms with Crippen molar-refractivity contribution < 1.29 is 14.3 Å². The van der Waals surface area contributed by atoms with E-state index in [0.717, 1.165) is 25.1 Å². The number of nitrogens with zero attached hydrogens (tertiary/aromatic N) is 1. The Hall–Kier alpha value is -1.82. The van der Waals surface area contributed by atoms with Crippen LogP contribution in [0, 0.1) is 6.92 Å².